The number of allylic oxidation sites excluding steroid dienone is 1. The predicted molar refractivity (Wildman–Crippen MR) is 220 cm³/mol. The van der Waals surface area contributed by atoms with E-state index in [4.69, 9.17) is 9.47 Å². The van der Waals surface area contributed by atoms with Crippen LogP contribution in [0.15, 0.2) is 11.1 Å². The number of nitrogens with zero attached hydrogens (tertiary/aromatic N) is 1. The van der Waals surface area contributed by atoms with Crippen LogP contribution in [0.2, 0.25) is 0 Å². The quantitative estimate of drug-likeness (QED) is 0.111. The first-order valence-electron chi connectivity index (χ1n) is 22.4. The van der Waals surface area contributed by atoms with E-state index in [-0.39, 0.29) is 63.8 Å². The maximum atomic E-state index is 14.5. The molecule has 0 aliphatic heterocycles. The zero-order chi connectivity index (χ0) is 42.1. The number of rotatable bonds is 15. The van der Waals surface area contributed by atoms with Gasteiger partial charge in [-0.05, 0) is 136 Å². The lowest BCUT2D eigenvalue weighted by Crippen LogP contribution is -2.66. The van der Waals surface area contributed by atoms with Crippen molar-refractivity contribution in [2.75, 3.05) is 26.2 Å². The molecule has 0 heterocycles. The molecule has 1 unspecified atom stereocenters. The molecule has 5 saturated carbocycles. The Hall–Kier alpha value is -2.30. The molecule has 0 radical (unpaired) electrons. The van der Waals surface area contributed by atoms with Gasteiger partial charge in [0.25, 0.3) is 0 Å². The number of carboxylic acid groups (broad SMARTS) is 1. The average molecular weight is 797 g/mol. The van der Waals surface area contributed by atoms with Crippen LogP contribution in [0.4, 0.5) is 0 Å². The van der Waals surface area contributed by atoms with Gasteiger partial charge in [-0.1, -0.05) is 54.0 Å². The van der Waals surface area contributed by atoms with E-state index in [9.17, 15) is 29.4 Å². The second-order valence-electron chi connectivity index (χ2n) is 22.0. The summed E-state index contributed by atoms with van der Waals surface area (Å²) in [7, 11) is 0. The highest BCUT2D eigenvalue weighted by Crippen LogP contribution is 2.77. The SMILES string of the molecule is CC(=O)NCCN(CC1CC1)C[C@H](OC(C)O)[C@@]12CC[C@]3(C)[C@H](CC[C@@H]4[C@@]5(C)CC[C@H](OC(=O)CC(C)(C)C(=O)O)C(C)(C)[C@@H]5CC[C@]43C)C1=C(C(C)C)C(=O)C2. The molecule has 0 aromatic rings. The van der Waals surface area contributed by atoms with E-state index in [1.165, 1.54) is 18.4 Å². The summed E-state index contributed by atoms with van der Waals surface area (Å²) in [4.78, 5) is 53.7. The lowest BCUT2D eigenvalue weighted by Gasteiger charge is -2.72. The van der Waals surface area contributed by atoms with Crippen LogP contribution in [0, 0.1) is 62.1 Å². The van der Waals surface area contributed by atoms with Crippen LogP contribution < -0.4 is 5.32 Å². The molecule has 322 valence electrons. The molecule has 57 heavy (non-hydrogen) atoms. The standard InChI is InChI=1S/C47H76N2O8/c1-28(2)39-33(52)24-47(37(56-30(4)51)27-49(26-31-12-13-31)23-22-48-29(3)50)21-20-45(10)32(40(39)47)14-15-35-44(9)18-17-36(57-38(53)25-42(5,6)41(54)55)43(7,8)34(44)16-19-46(35,45)11/h28,30-32,34-37,51H,12-27H2,1-11H3,(H,48,50)(H,54,55)/t30?,32-,34+,35-,36+,37+,44+,45-,46-,47+/m1/s1. The zero-order valence-electron chi connectivity index (χ0n) is 37.2. The Bertz CT molecular complexity index is 1610. The van der Waals surface area contributed by atoms with Crippen LogP contribution in [0.1, 0.15) is 153 Å². The molecule has 0 aromatic carbocycles. The molecule has 6 aliphatic carbocycles. The minimum absolute atomic E-state index is 0.0240. The monoisotopic (exact) mass is 797 g/mol. The molecular formula is C47H76N2O8. The van der Waals surface area contributed by atoms with Gasteiger partial charge in [0.05, 0.1) is 17.9 Å². The van der Waals surface area contributed by atoms with Crippen molar-refractivity contribution in [3.8, 4) is 0 Å². The Balaban J connectivity index is 1.31. The molecule has 6 aliphatic rings. The summed E-state index contributed by atoms with van der Waals surface area (Å²) >= 11 is 0. The molecule has 10 heteroatoms. The van der Waals surface area contributed by atoms with Gasteiger partial charge in [-0.3, -0.25) is 24.1 Å². The summed E-state index contributed by atoms with van der Waals surface area (Å²) in [5.74, 6) is 0.556. The van der Waals surface area contributed by atoms with Crippen molar-refractivity contribution >= 4 is 23.6 Å². The van der Waals surface area contributed by atoms with Crippen LogP contribution in [-0.2, 0) is 28.7 Å². The summed E-state index contributed by atoms with van der Waals surface area (Å²) < 4.78 is 12.8. The number of aliphatic carboxylic acids is 1. The van der Waals surface area contributed by atoms with E-state index in [0.717, 1.165) is 63.5 Å². The lowest BCUT2D eigenvalue weighted by molar-refractivity contribution is -0.238. The maximum Gasteiger partial charge on any atom is 0.309 e. The Labute approximate surface area is 343 Å². The molecule has 0 spiro atoms. The highest BCUT2D eigenvalue weighted by Gasteiger charge is 2.71. The third-order valence-corrected chi connectivity index (χ3v) is 17.3. The number of carbonyl (C=O) groups is 4. The number of amides is 1. The largest absolute Gasteiger partial charge is 0.481 e. The van der Waals surface area contributed by atoms with Crippen LogP contribution in [0.3, 0.4) is 0 Å². The van der Waals surface area contributed by atoms with E-state index >= 15 is 0 Å². The lowest BCUT2D eigenvalue weighted by atomic mass is 9.33. The van der Waals surface area contributed by atoms with Gasteiger partial charge in [0, 0.05) is 50.4 Å². The van der Waals surface area contributed by atoms with Gasteiger partial charge in [-0.15, -0.1) is 0 Å². The predicted octanol–water partition coefficient (Wildman–Crippen LogP) is 7.95. The van der Waals surface area contributed by atoms with Crippen LogP contribution in [-0.4, -0.2) is 83.4 Å². The summed E-state index contributed by atoms with van der Waals surface area (Å²) in [5, 5.41) is 23.6. The summed E-state index contributed by atoms with van der Waals surface area (Å²) in [5.41, 5.74) is 0.434. The van der Waals surface area contributed by atoms with Crippen LogP contribution >= 0.6 is 0 Å². The number of carboxylic acids is 1. The molecule has 3 N–H and O–H groups in total. The van der Waals surface area contributed by atoms with E-state index < -0.39 is 29.1 Å². The van der Waals surface area contributed by atoms with Gasteiger partial charge in [0.1, 0.15) is 6.10 Å². The van der Waals surface area contributed by atoms with E-state index in [1.54, 1.807) is 27.7 Å². The number of ketones is 1. The van der Waals surface area contributed by atoms with E-state index in [0.29, 0.717) is 43.8 Å². The molecule has 0 bridgehead atoms. The van der Waals surface area contributed by atoms with Crippen LogP contribution in [0.25, 0.3) is 0 Å². The van der Waals surface area contributed by atoms with E-state index in [1.807, 2.05) is 0 Å². The van der Waals surface area contributed by atoms with Crippen molar-refractivity contribution < 1.29 is 38.9 Å². The fourth-order valence-corrected chi connectivity index (χ4v) is 14.0. The Morgan fingerprint density at radius 1 is 0.912 bits per heavy atom. The van der Waals surface area contributed by atoms with Gasteiger partial charge in [0.2, 0.25) is 5.91 Å². The summed E-state index contributed by atoms with van der Waals surface area (Å²) in [6.07, 6.45) is 8.87. The van der Waals surface area contributed by atoms with Crippen molar-refractivity contribution in [3.63, 3.8) is 0 Å². The number of hydrogen-bond donors (Lipinski definition) is 3. The minimum Gasteiger partial charge on any atom is -0.481 e. The fourth-order valence-electron chi connectivity index (χ4n) is 14.0. The number of esters is 1. The first-order valence-corrected chi connectivity index (χ1v) is 22.4. The highest BCUT2D eigenvalue weighted by molar-refractivity contribution is 6.00. The summed E-state index contributed by atoms with van der Waals surface area (Å²) in [6, 6.07) is 0. The number of fused-ring (bicyclic) bond motifs is 7. The molecule has 10 atom stereocenters. The number of nitrogens with one attached hydrogen (secondary N) is 1. The topological polar surface area (TPSA) is 142 Å². The second-order valence-corrected chi connectivity index (χ2v) is 22.0. The fraction of sp³-hybridized carbons (Fsp3) is 0.872. The van der Waals surface area contributed by atoms with Crippen molar-refractivity contribution in [2.45, 2.75) is 172 Å². The highest BCUT2D eigenvalue weighted by atomic mass is 16.6. The number of ether oxygens (including phenoxy) is 2. The second kappa shape index (κ2) is 15.6. The Morgan fingerprint density at radius 2 is 1.60 bits per heavy atom. The first-order chi connectivity index (χ1) is 26.4. The molecule has 10 nitrogen and oxygen atoms in total. The maximum absolute atomic E-state index is 14.5. The smallest absolute Gasteiger partial charge is 0.309 e. The third kappa shape index (κ3) is 7.79. The zero-order valence-corrected chi connectivity index (χ0v) is 37.2. The summed E-state index contributed by atoms with van der Waals surface area (Å²) in [6.45, 7) is 25.7. The van der Waals surface area contributed by atoms with E-state index in [2.05, 4.69) is 58.7 Å². The third-order valence-electron chi connectivity index (χ3n) is 17.3. The normalized spacial score (nSPS) is 37.2. The molecule has 5 fully saturated rings. The number of aliphatic hydroxyl groups is 1. The molecule has 0 aromatic heterocycles. The van der Waals surface area contributed by atoms with Gasteiger partial charge in [0.15, 0.2) is 12.1 Å². The number of carbonyl (C=O) groups excluding carboxylic acids is 3. The first kappa shape index (κ1) is 44.3. The van der Waals surface area contributed by atoms with Gasteiger partial charge in [-0.25, -0.2) is 0 Å². The number of aliphatic hydroxyl groups excluding tert-OH is 1. The van der Waals surface area contributed by atoms with Crippen molar-refractivity contribution in [1.29, 1.82) is 0 Å². The Morgan fingerprint density at radius 3 is 2.19 bits per heavy atom. The van der Waals surface area contributed by atoms with Gasteiger partial charge >= 0.3 is 11.9 Å². The molecule has 6 rings (SSSR count). The average Bonchev–Trinajstić information content (AvgIpc) is 3.84. The van der Waals surface area contributed by atoms with Crippen molar-refractivity contribution in [3.05, 3.63) is 11.1 Å². The number of Topliss-reactive ketones (excluding diaryl/α,β-unsaturated/α-hetero) is 1. The van der Waals surface area contributed by atoms with Crippen molar-refractivity contribution in [2.24, 2.45) is 62.1 Å². The molecular weight excluding hydrogens is 721 g/mol. The Kier molecular flexibility index (Phi) is 12.1. The number of hydrogen-bond acceptors (Lipinski definition) is 8. The van der Waals surface area contributed by atoms with Gasteiger partial charge < -0.3 is 25.0 Å². The van der Waals surface area contributed by atoms with Crippen LogP contribution in [0.5, 0.6) is 0 Å². The van der Waals surface area contributed by atoms with Crippen molar-refractivity contribution in [1.82, 2.24) is 10.2 Å². The molecule has 0 saturated heterocycles. The minimum atomic E-state index is -1.18. The molecule has 1 amide bonds. The van der Waals surface area contributed by atoms with Gasteiger partial charge in [-0.2, -0.15) is 0 Å².